The van der Waals surface area contributed by atoms with Crippen molar-refractivity contribution in [2.75, 3.05) is 13.2 Å². The van der Waals surface area contributed by atoms with Crippen LogP contribution in [0.5, 0.6) is 0 Å². The van der Waals surface area contributed by atoms with E-state index < -0.39 is 24.3 Å². The van der Waals surface area contributed by atoms with Crippen LogP contribution < -0.4 is 5.32 Å². The molecule has 0 spiro atoms. The third kappa shape index (κ3) is 17.3. The number of benzene rings is 1. The summed E-state index contributed by atoms with van der Waals surface area (Å²) >= 11 is 0. The number of hydrogen-bond acceptors (Lipinski definition) is 6. The second kappa shape index (κ2) is 21.8. The molecule has 222 valence electrons. The lowest BCUT2D eigenvalue weighted by Crippen LogP contribution is -2.37. The van der Waals surface area contributed by atoms with E-state index in [0.29, 0.717) is 25.8 Å². The highest BCUT2D eigenvalue weighted by molar-refractivity contribution is 5.66. The average molecular weight is 548 g/mol. The summed E-state index contributed by atoms with van der Waals surface area (Å²) in [5.74, 6) is -0.776. The van der Waals surface area contributed by atoms with Gasteiger partial charge in [-0.3, -0.25) is 4.79 Å². The number of unbranched alkanes of at least 4 members (excludes halogenated alkanes) is 5. The van der Waals surface area contributed by atoms with Crippen LogP contribution in [0.15, 0.2) is 53.6 Å². The van der Waals surface area contributed by atoms with Gasteiger partial charge in [-0.15, -0.1) is 0 Å². The zero-order chi connectivity index (χ0) is 28.9. The van der Waals surface area contributed by atoms with Crippen molar-refractivity contribution in [1.29, 1.82) is 0 Å². The molecule has 0 heterocycles. The van der Waals surface area contributed by atoms with Gasteiger partial charge in [0.25, 0.3) is 0 Å². The Morgan fingerprint density at radius 1 is 0.949 bits per heavy atom. The molecule has 4 unspecified atom stereocenters. The fourth-order valence-corrected chi connectivity index (χ4v) is 4.71. The summed E-state index contributed by atoms with van der Waals surface area (Å²) in [6.07, 6.45) is 11.6. The molecular formula is C32H53NO6. The molecule has 0 saturated heterocycles. The third-order valence-electron chi connectivity index (χ3n) is 6.94. The Bertz CT molecular complexity index is 823. The lowest BCUT2D eigenvalue weighted by atomic mass is 9.88. The van der Waals surface area contributed by atoms with Gasteiger partial charge in [0, 0.05) is 19.0 Å². The maximum atomic E-state index is 10.8. The van der Waals surface area contributed by atoms with Gasteiger partial charge in [0.1, 0.15) is 0 Å². The third-order valence-corrected chi connectivity index (χ3v) is 6.94. The molecule has 6 N–H and O–H groups in total. The van der Waals surface area contributed by atoms with Gasteiger partial charge in [-0.2, -0.15) is 0 Å². The van der Waals surface area contributed by atoms with Crippen molar-refractivity contribution in [1.82, 2.24) is 5.32 Å². The van der Waals surface area contributed by atoms with E-state index >= 15 is 0 Å². The van der Waals surface area contributed by atoms with Crippen LogP contribution in [0.1, 0.15) is 96.5 Å². The first-order valence-electron chi connectivity index (χ1n) is 14.8. The first-order valence-corrected chi connectivity index (χ1v) is 14.8. The molecule has 0 aromatic heterocycles. The van der Waals surface area contributed by atoms with Crippen molar-refractivity contribution < 1.29 is 30.3 Å². The minimum absolute atomic E-state index is 0.132. The normalized spacial score (nSPS) is 15.6. The number of aliphatic hydroxyl groups excluding tert-OH is 4. The first kappa shape index (κ1) is 35.0. The molecule has 0 aliphatic carbocycles. The Balaban J connectivity index is 3.27. The molecular weight excluding hydrogens is 494 g/mol. The van der Waals surface area contributed by atoms with Crippen molar-refractivity contribution in [3.8, 4) is 0 Å². The van der Waals surface area contributed by atoms with Gasteiger partial charge in [-0.25, -0.2) is 0 Å². The molecule has 0 aliphatic rings. The Kier molecular flexibility index (Phi) is 19.5. The fourth-order valence-electron chi connectivity index (χ4n) is 4.71. The first-order chi connectivity index (χ1) is 18.8. The number of carboxylic acid groups (broad SMARTS) is 1. The van der Waals surface area contributed by atoms with Gasteiger partial charge in [0.15, 0.2) is 0 Å². The van der Waals surface area contributed by atoms with E-state index in [4.69, 9.17) is 5.11 Å². The zero-order valence-corrected chi connectivity index (χ0v) is 24.1. The molecule has 0 fully saturated rings. The maximum absolute atomic E-state index is 10.8. The molecule has 7 heteroatoms. The minimum Gasteiger partial charge on any atom is -0.481 e. The van der Waals surface area contributed by atoms with Crippen molar-refractivity contribution in [2.45, 2.75) is 122 Å². The molecule has 1 rings (SSSR count). The summed E-state index contributed by atoms with van der Waals surface area (Å²) in [7, 11) is 0. The summed E-state index contributed by atoms with van der Waals surface area (Å²) < 4.78 is 0. The van der Waals surface area contributed by atoms with Gasteiger partial charge < -0.3 is 30.8 Å². The smallest absolute Gasteiger partial charge is 0.303 e. The van der Waals surface area contributed by atoms with Crippen LogP contribution in [0.3, 0.4) is 0 Å². The van der Waals surface area contributed by atoms with Crippen LogP contribution in [-0.4, -0.2) is 69.0 Å². The maximum Gasteiger partial charge on any atom is 0.303 e. The van der Waals surface area contributed by atoms with E-state index in [1.807, 2.05) is 30.4 Å². The Labute approximate surface area is 235 Å². The minimum atomic E-state index is -0.916. The molecule has 7 nitrogen and oxygen atoms in total. The number of nitrogens with one attached hydrogen (secondary N) is 1. The number of allylic oxidation sites excluding steroid dienone is 2. The number of aliphatic carboxylic acids is 1. The lowest BCUT2D eigenvalue weighted by molar-refractivity contribution is -0.137. The lowest BCUT2D eigenvalue weighted by Gasteiger charge is -2.27. The monoisotopic (exact) mass is 547 g/mol. The van der Waals surface area contributed by atoms with Gasteiger partial charge in [-0.1, -0.05) is 87.9 Å². The van der Waals surface area contributed by atoms with Gasteiger partial charge in [-0.05, 0) is 62.2 Å². The number of aryl methyl sites for hydroxylation is 1. The highest BCUT2D eigenvalue weighted by Crippen LogP contribution is 2.26. The Hall–Kier alpha value is -2.03. The van der Waals surface area contributed by atoms with Crippen LogP contribution in [0.2, 0.25) is 0 Å². The van der Waals surface area contributed by atoms with Gasteiger partial charge >= 0.3 is 5.97 Å². The van der Waals surface area contributed by atoms with Crippen molar-refractivity contribution >= 4 is 5.97 Å². The van der Waals surface area contributed by atoms with Crippen molar-refractivity contribution in [3.05, 3.63) is 59.2 Å². The summed E-state index contributed by atoms with van der Waals surface area (Å²) in [6.45, 7) is 3.90. The van der Waals surface area contributed by atoms with Crippen LogP contribution in [-0.2, 0) is 11.2 Å². The number of carbonyl (C=O) groups is 1. The van der Waals surface area contributed by atoms with Gasteiger partial charge in [0.2, 0.25) is 0 Å². The molecule has 1 aromatic carbocycles. The second-order valence-electron chi connectivity index (χ2n) is 10.7. The van der Waals surface area contributed by atoms with E-state index in [1.165, 1.54) is 5.56 Å². The van der Waals surface area contributed by atoms with Gasteiger partial charge in [0.05, 0.1) is 24.9 Å². The molecule has 39 heavy (non-hydrogen) atoms. The van der Waals surface area contributed by atoms with E-state index in [1.54, 1.807) is 6.92 Å². The molecule has 0 amide bonds. The van der Waals surface area contributed by atoms with E-state index in [9.17, 15) is 25.2 Å². The predicted octanol–water partition coefficient (Wildman–Crippen LogP) is 4.92. The molecule has 1 aromatic rings. The van der Waals surface area contributed by atoms with E-state index in [0.717, 1.165) is 62.5 Å². The summed E-state index contributed by atoms with van der Waals surface area (Å²) in [6, 6.07) is 10.1. The Morgan fingerprint density at radius 2 is 1.64 bits per heavy atom. The summed E-state index contributed by atoms with van der Waals surface area (Å²) in [4.78, 5) is 10.8. The van der Waals surface area contributed by atoms with E-state index in [-0.39, 0.29) is 25.5 Å². The zero-order valence-electron chi connectivity index (χ0n) is 24.1. The molecule has 0 bridgehead atoms. The number of carboxylic acids is 1. The van der Waals surface area contributed by atoms with Crippen molar-refractivity contribution in [3.63, 3.8) is 0 Å². The second-order valence-corrected chi connectivity index (χ2v) is 10.7. The predicted molar refractivity (Wildman–Crippen MR) is 158 cm³/mol. The molecule has 0 aliphatic heterocycles. The largest absolute Gasteiger partial charge is 0.481 e. The quantitative estimate of drug-likeness (QED) is 0.0847. The summed E-state index contributed by atoms with van der Waals surface area (Å²) in [5, 5.41) is 53.2. The highest BCUT2D eigenvalue weighted by atomic mass is 16.4. The van der Waals surface area contributed by atoms with Crippen LogP contribution in [0, 0.1) is 0 Å². The van der Waals surface area contributed by atoms with Crippen LogP contribution in [0.25, 0.3) is 0 Å². The van der Waals surface area contributed by atoms with Crippen LogP contribution in [0.4, 0.5) is 0 Å². The number of aliphatic hydroxyl groups is 4. The topological polar surface area (TPSA) is 130 Å². The highest BCUT2D eigenvalue weighted by Gasteiger charge is 2.21. The average Bonchev–Trinajstić information content (AvgIpc) is 2.91. The number of hydrogen-bond donors (Lipinski definition) is 6. The Morgan fingerprint density at radius 3 is 2.28 bits per heavy atom. The van der Waals surface area contributed by atoms with Crippen molar-refractivity contribution in [2.24, 2.45) is 0 Å². The fraction of sp³-hybridized carbons (Fsp3) is 0.656. The molecule has 0 saturated carbocycles. The SMILES string of the molecule is CCCCCC(O)C=CC(CCc1ccccc1)=C(CC(O)CO)C(CCCCCCC(=O)O)NCC(C)O. The molecule has 4 atom stereocenters. The standard InChI is InChI=1S/C32H53NO6/c1-3-4-8-15-28(36)21-20-27(19-18-26-13-9-7-10-14-26)30(22-29(37)24-34)31(33-23-25(2)35)16-11-5-6-12-17-32(38)39/h7,9-10,13-14,20-21,25,28-29,31,33-37H,3-6,8,11-12,15-19,22-24H2,1-2H3,(H,38,39). The summed E-state index contributed by atoms with van der Waals surface area (Å²) in [5.41, 5.74) is 3.20. The molecule has 0 radical (unpaired) electrons. The van der Waals surface area contributed by atoms with Crippen LogP contribution >= 0.6 is 0 Å². The number of rotatable bonds is 23. The van der Waals surface area contributed by atoms with E-state index in [2.05, 4.69) is 24.4 Å².